The molecule has 3 rings (SSSR count). The molecular weight excluding hydrogens is 278 g/mol. The molecule has 0 aliphatic carbocycles. The molecule has 0 N–H and O–H groups in total. The van der Waals surface area contributed by atoms with E-state index in [1.807, 2.05) is 0 Å². The molecule has 0 fully saturated rings. The van der Waals surface area contributed by atoms with E-state index in [1.165, 1.54) is 34.1 Å². The lowest BCUT2D eigenvalue weighted by molar-refractivity contribution is 0.357. The predicted octanol–water partition coefficient (Wildman–Crippen LogP) is 6.41. The first-order chi connectivity index (χ1) is 11.1. The smallest absolute Gasteiger partial charge is 0.0496 e. The van der Waals surface area contributed by atoms with Crippen LogP contribution in [0, 0.1) is 0 Å². The van der Waals surface area contributed by atoms with Gasteiger partial charge in [0.1, 0.15) is 0 Å². The fourth-order valence-corrected chi connectivity index (χ4v) is 3.31. The van der Waals surface area contributed by atoms with Crippen molar-refractivity contribution >= 4 is 10.9 Å². The van der Waals surface area contributed by atoms with Crippen molar-refractivity contribution in [1.29, 1.82) is 0 Å². The summed E-state index contributed by atoms with van der Waals surface area (Å²) in [7, 11) is 0. The second-order valence-electron chi connectivity index (χ2n) is 7.04. The van der Waals surface area contributed by atoms with Crippen LogP contribution < -0.4 is 0 Å². The van der Waals surface area contributed by atoms with Gasteiger partial charge < -0.3 is 4.57 Å². The van der Waals surface area contributed by atoms with Crippen LogP contribution in [0.5, 0.6) is 0 Å². The van der Waals surface area contributed by atoms with E-state index in [4.69, 9.17) is 0 Å². The van der Waals surface area contributed by atoms with Gasteiger partial charge in [0, 0.05) is 22.1 Å². The Morgan fingerprint density at radius 1 is 0.913 bits per heavy atom. The highest BCUT2D eigenvalue weighted by atomic mass is 15.1. The Bertz CT molecular complexity index is 790. The van der Waals surface area contributed by atoms with Crippen molar-refractivity contribution in [2.75, 3.05) is 0 Å². The van der Waals surface area contributed by atoms with Crippen LogP contribution in [0.4, 0.5) is 0 Å². The van der Waals surface area contributed by atoms with Crippen LogP contribution in [0.1, 0.15) is 46.1 Å². The molecule has 0 bridgehead atoms. The van der Waals surface area contributed by atoms with Crippen LogP contribution >= 0.6 is 0 Å². The van der Waals surface area contributed by atoms with Crippen molar-refractivity contribution in [1.82, 2.24) is 4.57 Å². The highest BCUT2D eigenvalue weighted by Crippen LogP contribution is 2.35. The number of aryl methyl sites for hydroxylation is 1. The third-order valence-electron chi connectivity index (χ3n) is 4.97. The minimum atomic E-state index is 0.0977. The summed E-state index contributed by atoms with van der Waals surface area (Å²) in [4.78, 5) is 0. The Hall–Kier alpha value is -2.02. The molecule has 3 aromatic rings. The average Bonchev–Trinajstić information content (AvgIpc) is 2.96. The van der Waals surface area contributed by atoms with E-state index in [2.05, 4.69) is 86.9 Å². The Balaban J connectivity index is 2.18. The zero-order valence-electron chi connectivity index (χ0n) is 14.8. The van der Waals surface area contributed by atoms with Gasteiger partial charge in [0.2, 0.25) is 0 Å². The topological polar surface area (TPSA) is 4.93 Å². The molecule has 0 atom stereocenters. The SMILES string of the molecule is CCCc1ccc(-c2cc3ccccc3n2C(C)(C)CC)cc1. The van der Waals surface area contributed by atoms with Crippen molar-refractivity contribution in [2.45, 2.75) is 52.5 Å². The third kappa shape index (κ3) is 2.93. The molecule has 1 nitrogen and oxygen atoms in total. The number of nitrogens with zero attached hydrogens (tertiary/aromatic N) is 1. The number of fused-ring (bicyclic) bond motifs is 1. The average molecular weight is 305 g/mol. The number of rotatable bonds is 5. The van der Waals surface area contributed by atoms with Crippen molar-refractivity contribution in [3.05, 3.63) is 60.2 Å². The van der Waals surface area contributed by atoms with E-state index in [9.17, 15) is 0 Å². The first-order valence-electron chi connectivity index (χ1n) is 8.77. The summed E-state index contributed by atoms with van der Waals surface area (Å²) in [6.07, 6.45) is 3.46. The molecular formula is C22H27N. The van der Waals surface area contributed by atoms with Gasteiger partial charge in [-0.1, -0.05) is 62.7 Å². The summed E-state index contributed by atoms with van der Waals surface area (Å²) in [6.45, 7) is 9.15. The van der Waals surface area contributed by atoms with Gasteiger partial charge >= 0.3 is 0 Å². The lowest BCUT2D eigenvalue weighted by Crippen LogP contribution is -2.25. The van der Waals surface area contributed by atoms with E-state index in [0.717, 1.165) is 12.8 Å². The first-order valence-corrected chi connectivity index (χ1v) is 8.77. The summed E-state index contributed by atoms with van der Waals surface area (Å²) in [5.74, 6) is 0. The van der Waals surface area contributed by atoms with Crippen molar-refractivity contribution in [2.24, 2.45) is 0 Å². The first kappa shape index (κ1) is 15.9. The van der Waals surface area contributed by atoms with E-state index in [1.54, 1.807) is 0 Å². The second-order valence-corrected chi connectivity index (χ2v) is 7.04. The van der Waals surface area contributed by atoms with Crippen molar-refractivity contribution in [3.8, 4) is 11.3 Å². The van der Waals surface area contributed by atoms with Crippen molar-refractivity contribution < 1.29 is 0 Å². The van der Waals surface area contributed by atoms with Gasteiger partial charge in [0.15, 0.2) is 0 Å². The maximum Gasteiger partial charge on any atom is 0.0496 e. The molecule has 1 heterocycles. The maximum absolute atomic E-state index is 2.51. The molecule has 1 heteroatoms. The normalized spacial score (nSPS) is 12.0. The maximum atomic E-state index is 2.51. The Morgan fingerprint density at radius 3 is 2.26 bits per heavy atom. The highest BCUT2D eigenvalue weighted by Gasteiger charge is 2.23. The van der Waals surface area contributed by atoms with Gasteiger partial charge in [0.25, 0.3) is 0 Å². The number of aromatic nitrogens is 1. The second kappa shape index (κ2) is 6.23. The molecule has 1 aromatic heterocycles. The van der Waals surface area contributed by atoms with Crippen LogP contribution in [-0.2, 0) is 12.0 Å². The minimum Gasteiger partial charge on any atom is -0.335 e. The van der Waals surface area contributed by atoms with Gasteiger partial charge in [0.05, 0.1) is 0 Å². The fraction of sp³-hybridized carbons (Fsp3) is 0.364. The van der Waals surface area contributed by atoms with Gasteiger partial charge in [-0.25, -0.2) is 0 Å². The van der Waals surface area contributed by atoms with Crippen LogP contribution in [0.2, 0.25) is 0 Å². The summed E-state index contributed by atoms with van der Waals surface area (Å²) < 4.78 is 2.51. The molecule has 0 aliphatic heterocycles. The number of benzene rings is 2. The van der Waals surface area contributed by atoms with Crippen LogP contribution in [0.25, 0.3) is 22.2 Å². The predicted molar refractivity (Wildman–Crippen MR) is 101 cm³/mol. The van der Waals surface area contributed by atoms with Gasteiger partial charge in [-0.3, -0.25) is 0 Å². The number of hydrogen-bond acceptors (Lipinski definition) is 0. The molecule has 0 unspecified atom stereocenters. The van der Waals surface area contributed by atoms with E-state index in [0.29, 0.717) is 0 Å². The Labute approximate surface area is 140 Å². The Kier molecular flexibility index (Phi) is 4.30. The molecule has 120 valence electrons. The quantitative estimate of drug-likeness (QED) is 0.513. The zero-order valence-corrected chi connectivity index (χ0v) is 14.8. The Morgan fingerprint density at radius 2 is 1.61 bits per heavy atom. The molecule has 0 spiro atoms. The molecule has 2 aromatic carbocycles. The molecule has 0 saturated carbocycles. The molecule has 0 aliphatic rings. The van der Waals surface area contributed by atoms with Crippen LogP contribution in [0.15, 0.2) is 54.6 Å². The molecule has 0 saturated heterocycles. The molecule has 0 radical (unpaired) electrons. The summed E-state index contributed by atoms with van der Waals surface area (Å²) in [5.41, 5.74) is 5.48. The summed E-state index contributed by atoms with van der Waals surface area (Å²) in [6, 6.07) is 20.2. The highest BCUT2D eigenvalue weighted by molar-refractivity contribution is 5.87. The van der Waals surface area contributed by atoms with E-state index in [-0.39, 0.29) is 5.54 Å². The minimum absolute atomic E-state index is 0.0977. The lowest BCUT2D eigenvalue weighted by atomic mass is 9.99. The largest absolute Gasteiger partial charge is 0.335 e. The zero-order chi connectivity index (χ0) is 16.4. The van der Waals surface area contributed by atoms with E-state index >= 15 is 0 Å². The fourth-order valence-electron chi connectivity index (χ4n) is 3.31. The van der Waals surface area contributed by atoms with Crippen LogP contribution in [-0.4, -0.2) is 4.57 Å². The number of hydrogen-bond donors (Lipinski definition) is 0. The molecule has 23 heavy (non-hydrogen) atoms. The van der Waals surface area contributed by atoms with E-state index < -0.39 is 0 Å². The lowest BCUT2D eigenvalue weighted by Gasteiger charge is -2.29. The third-order valence-corrected chi connectivity index (χ3v) is 4.97. The monoisotopic (exact) mass is 305 g/mol. The van der Waals surface area contributed by atoms with Gasteiger partial charge in [-0.15, -0.1) is 0 Å². The summed E-state index contributed by atoms with van der Waals surface area (Å²) >= 11 is 0. The number of para-hydroxylation sites is 1. The van der Waals surface area contributed by atoms with Gasteiger partial charge in [-0.2, -0.15) is 0 Å². The standard InChI is InChI=1S/C22H27N/c1-5-9-17-12-14-18(15-13-17)21-16-19-10-7-8-11-20(19)23(21)22(3,4)6-2/h7-8,10-16H,5-6,9H2,1-4H3. The summed E-state index contributed by atoms with van der Waals surface area (Å²) in [5, 5.41) is 1.32. The van der Waals surface area contributed by atoms with Crippen LogP contribution in [0.3, 0.4) is 0 Å². The molecule has 0 amide bonds. The van der Waals surface area contributed by atoms with Gasteiger partial charge in [-0.05, 0) is 49.9 Å². The van der Waals surface area contributed by atoms with Crippen molar-refractivity contribution in [3.63, 3.8) is 0 Å².